The van der Waals surface area contributed by atoms with Crippen LogP contribution in [-0.2, 0) is 5.41 Å². The molecule has 1 aliphatic carbocycles. The Balaban J connectivity index is 1.10. The molecule has 3 heteroatoms. The average Bonchev–Trinajstić information content (AvgIpc) is 3.57. The maximum absolute atomic E-state index is 5.33. The molecule has 2 heterocycles. The lowest BCUT2D eigenvalue weighted by atomic mass is 9.67. The summed E-state index contributed by atoms with van der Waals surface area (Å²) in [7, 11) is 0. The number of rotatable bonds is 5. The summed E-state index contributed by atoms with van der Waals surface area (Å²) in [6.07, 6.45) is 0. The minimum absolute atomic E-state index is 0.424. The van der Waals surface area contributed by atoms with Crippen LogP contribution < -0.4 is 0 Å². The molecule has 9 aromatic rings. The number of fused-ring (bicyclic) bond motifs is 9. The Morgan fingerprint density at radius 3 is 1.55 bits per heavy atom. The first-order valence-electron chi connectivity index (χ1n) is 19.1. The molecule has 262 valence electrons. The summed E-state index contributed by atoms with van der Waals surface area (Å²) in [5, 5.41) is 0. The van der Waals surface area contributed by atoms with Crippen molar-refractivity contribution < 1.29 is 0 Å². The highest BCUT2D eigenvalue weighted by Gasteiger charge is 2.50. The molecule has 0 saturated carbocycles. The smallest absolute Gasteiger partial charge is 0.160 e. The monoisotopic (exact) mass is 730 g/mol. The van der Waals surface area contributed by atoms with Gasteiger partial charge in [0.15, 0.2) is 5.82 Å². The molecule has 0 saturated heterocycles. The summed E-state index contributed by atoms with van der Waals surface area (Å²) in [5.41, 5.74) is 17.1. The number of hydrogen-bond acceptors (Lipinski definition) is 3. The summed E-state index contributed by atoms with van der Waals surface area (Å²) in [6.45, 7) is 0. The maximum atomic E-state index is 5.33. The SMILES string of the molecule is c1ccc(-c2cc(-c3ccccc3-c3ccccc3)nc(-c3cccc(-c4cccc5c4Sc4ccccc4C54c5ccccc5-c5ccccc54)c3)n2)cc1. The summed E-state index contributed by atoms with van der Waals surface area (Å²) in [6, 6.07) is 74.3. The third-order valence-corrected chi connectivity index (χ3v) is 12.6. The van der Waals surface area contributed by atoms with Crippen molar-refractivity contribution in [3.05, 3.63) is 229 Å². The zero-order chi connectivity index (χ0) is 37.1. The first-order valence-corrected chi connectivity index (χ1v) is 19.9. The van der Waals surface area contributed by atoms with Crippen molar-refractivity contribution in [2.24, 2.45) is 0 Å². The Labute approximate surface area is 331 Å². The van der Waals surface area contributed by atoms with Crippen molar-refractivity contribution in [3.63, 3.8) is 0 Å². The number of benzene rings is 8. The van der Waals surface area contributed by atoms with E-state index in [2.05, 4.69) is 200 Å². The van der Waals surface area contributed by atoms with E-state index in [1.165, 1.54) is 48.7 Å². The van der Waals surface area contributed by atoms with Crippen molar-refractivity contribution in [2.45, 2.75) is 15.2 Å². The fourth-order valence-electron chi connectivity index (χ4n) is 8.98. The van der Waals surface area contributed by atoms with E-state index in [9.17, 15) is 0 Å². The fraction of sp³-hybridized carbons (Fsp3) is 0.0189. The van der Waals surface area contributed by atoms with Crippen molar-refractivity contribution >= 4 is 11.8 Å². The third-order valence-electron chi connectivity index (χ3n) is 11.4. The van der Waals surface area contributed by atoms with Crippen LogP contribution in [0.4, 0.5) is 0 Å². The predicted octanol–water partition coefficient (Wildman–Crippen LogP) is 13.6. The van der Waals surface area contributed by atoms with E-state index >= 15 is 0 Å². The lowest BCUT2D eigenvalue weighted by molar-refractivity contribution is 0.723. The van der Waals surface area contributed by atoms with Crippen LogP contribution >= 0.6 is 11.8 Å². The zero-order valence-electron chi connectivity index (χ0n) is 30.4. The molecule has 8 aromatic carbocycles. The summed E-state index contributed by atoms with van der Waals surface area (Å²) < 4.78 is 0. The van der Waals surface area contributed by atoms with E-state index in [4.69, 9.17) is 9.97 Å². The van der Waals surface area contributed by atoms with Gasteiger partial charge in [-0.25, -0.2) is 9.97 Å². The van der Waals surface area contributed by atoms with Gasteiger partial charge in [0.05, 0.1) is 16.8 Å². The fourth-order valence-corrected chi connectivity index (χ4v) is 10.3. The quantitative estimate of drug-likeness (QED) is 0.176. The Morgan fingerprint density at radius 1 is 0.321 bits per heavy atom. The van der Waals surface area contributed by atoms with Crippen LogP contribution in [0.3, 0.4) is 0 Å². The minimum Gasteiger partial charge on any atom is -0.228 e. The topological polar surface area (TPSA) is 25.8 Å². The molecule has 0 unspecified atom stereocenters. The van der Waals surface area contributed by atoms with Crippen molar-refractivity contribution in [1.29, 1.82) is 0 Å². The molecule has 0 amide bonds. The molecule has 2 nitrogen and oxygen atoms in total. The summed E-state index contributed by atoms with van der Waals surface area (Å²) >= 11 is 1.88. The van der Waals surface area contributed by atoms with Gasteiger partial charge in [-0.05, 0) is 73.8 Å². The van der Waals surface area contributed by atoms with E-state index in [-0.39, 0.29) is 0 Å². The predicted molar refractivity (Wildman–Crippen MR) is 231 cm³/mol. The first-order chi connectivity index (χ1) is 27.8. The van der Waals surface area contributed by atoms with Crippen LogP contribution in [0.5, 0.6) is 0 Å². The molecule has 11 rings (SSSR count). The second kappa shape index (κ2) is 13.2. The Morgan fingerprint density at radius 2 is 0.821 bits per heavy atom. The summed E-state index contributed by atoms with van der Waals surface area (Å²) in [4.78, 5) is 13.1. The molecule has 0 atom stereocenters. The second-order valence-corrected chi connectivity index (χ2v) is 15.5. The molecular weight excluding hydrogens is 697 g/mol. The van der Waals surface area contributed by atoms with E-state index in [1.807, 2.05) is 17.8 Å². The Bertz CT molecular complexity index is 2910. The van der Waals surface area contributed by atoms with Gasteiger partial charge in [0.2, 0.25) is 0 Å². The van der Waals surface area contributed by atoms with Crippen LogP contribution in [0.15, 0.2) is 216 Å². The molecule has 0 fully saturated rings. The first kappa shape index (κ1) is 32.6. The van der Waals surface area contributed by atoms with Gasteiger partial charge in [0.1, 0.15) is 0 Å². The van der Waals surface area contributed by atoms with Crippen molar-refractivity contribution in [3.8, 4) is 67.3 Å². The normalized spacial score (nSPS) is 13.1. The molecule has 1 aliphatic heterocycles. The van der Waals surface area contributed by atoms with Gasteiger partial charge < -0.3 is 0 Å². The van der Waals surface area contributed by atoms with Gasteiger partial charge in [-0.3, -0.25) is 0 Å². The van der Waals surface area contributed by atoms with Crippen molar-refractivity contribution in [2.75, 3.05) is 0 Å². The molecule has 2 aliphatic rings. The largest absolute Gasteiger partial charge is 0.228 e. The highest BCUT2D eigenvalue weighted by molar-refractivity contribution is 7.99. The standard InChI is InChI=1S/C53H34N2S/c1-3-17-35(18-4-1)39-23-7-8-26-43(39)49-34-48(36-19-5-2-6-20-36)54-52(55-49)38-22-15-21-37(33-38)40-27-16-31-47-51(40)56-50-32-14-13-30-46(50)53(47)44-28-11-9-24-41(44)42-25-10-12-29-45(42)53/h1-34H. The van der Waals surface area contributed by atoms with E-state index < -0.39 is 5.41 Å². The van der Waals surface area contributed by atoms with Crippen molar-refractivity contribution in [1.82, 2.24) is 9.97 Å². The molecular formula is C53H34N2S. The average molecular weight is 731 g/mol. The summed E-state index contributed by atoms with van der Waals surface area (Å²) in [5.74, 6) is 0.698. The lowest BCUT2D eigenvalue weighted by Crippen LogP contribution is -2.32. The van der Waals surface area contributed by atoms with E-state index in [1.54, 1.807) is 0 Å². The number of hydrogen-bond donors (Lipinski definition) is 0. The molecule has 56 heavy (non-hydrogen) atoms. The van der Waals surface area contributed by atoms with Gasteiger partial charge in [-0.2, -0.15) is 0 Å². The second-order valence-electron chi connectivity index (χ2n) is 14.4. The third kappa shape index (κ3) is 5.05. The van der Waals surface area contributed by atoms with Gasteiger partial charge in [0.25, 0.3) is 0 Å². The highest BCUT2D eigenvalue weighted by Crippen LogP contribution is 2.63. The van der Waals surface area contributed by atoms with Crippen LogP contribution in [0, 0.1) is 0 Å². The molecule has 0 bridgehead atoms. The number of aromatic nitrogens is 2. The molecule has 1 aromatic heterocycles. The molecule has 0 N–H and O–H groups in total. The van der Waals surface area contributed by atoms with Gasteiger partial charge in [0, 0.05) is 26.5 Å². The molecule has 0 radical (unpaired) electrons. The highest BCUT2D eigenvalue weighted by atomic mass is 32.2. The zero-order valence-corrected chi connectivity index (χ0v) is 31.2. The van der Waals surface area contributed by atoms with Gasteiger partial charge in [-0.15, -0.1) is 0 Å². The van der Waals surface area contributed by atoms with Crippen LogP contribution in [0.1, 0.15) is 22.3 Å². The van der Waals surface area contributed by atoms with Crippen LogP contribution in [0.25, 0.3) is 67.3 Å². The van der Waals surface area contributed by atoms with E-state index in [0.29, 0.717) is 5.82 Å². The van der Waals surface area contributed by atoms with Gasteiger partial charge >= 0.3 is 0 Å². The van der Waals surface area contributed by atoms with Crippen LogP contribution in [0.2, 0.25) is 0 Å². The minimum atomic E-state index is -0.424. The van der Waals surface area contributed by atoms with Crippen LogP contribution in [-0.4, -0.2) is 9.97 Å². The Hall–Kier alpha value is -6.81. The maximum Gasteiger partial charge on any atom is 0.160 e. The lowest BCUT2D eigenvalue weighted by Gasteiger charge is -2.40. The molecule has 1 spiro atoms. The van der Waals surface area contributed by atoms with E-state index in [0.717, 1.165) is 44.8 Å². The number of nitrogens with zero attached hydrogens (tertiary/aromatic N) is 2. The van der Waals surface area contributed by atoms with Gasteiger partial charge in [-0.1, -0.05) is 200 Å². The Kier molecular flexibility index (Phi) is 7.68.